The van der Waals surface area contributed by atoms with Gasteiger partial charge in [0.05, 0.1) is 6.54 Å². The highest BCUT2D eigenvalue weighted by atomic mass is 16.2. The van der Waals surface area contributed by atoms with Gasteiger partial charge >= 0.3 is 5.69 Å². The molecular weight excluding hydrogens is 268 g/mol. The van der Waals surface area contributed by atoms with E-state index in [1.165, 1.54) is 21.4 Å². The molecule has 2 aromatic heterocycles. The van der Waals surface area contributed by atoms with Gasteiger partial charge in [0, 0.05) is 31.5 Å². The van der Waals surface area contributed by atoms with Gasteiger partial charge in [0.2, 0.25) is 0 Å². The van der Waals surface area contributed by atoms with Gasteiger partial charge in [0.25, 0.3) is 5.56 Å². The molecule has 2 rings (SSSR count). The van der Waals surface area contributed by atoms with Crippen LogP contribution in [-0.2, 0) is 13.1 Å². The second-order valence-corrected chi connectivity index (χ2v) is 4.78. The smallest absolute Gasteiger partial charge is 0.331 e. The summed E-state index contributed by atoms with van der Waals surface area (Å²) >= 11 is 0. The van der Waals surface area contributed by atoms with Gasteiger partial charge in [-0.3, -0.25) is 9.36 Å². The fourth-order valence-corrected chi connectivity index (χ4v) is 2.05. The zero-order chi connectivity index (χ0) is 15.2. The maximum Gasteiger partial charge on any atom is 0.331 e. The number of hydrogen-bond donors (Lipinski definition) is 1. The van der Waals surface area contributed by atoms with Crippen molar-refractivity contribution in [1.82, 2.24) is 14.1 Å². The normalized spacial score (nSPS) is 10.6. The molecule has 2 heterocycles. The van der Waals surface area contributed by atoms with Crippen LogP contribution < -0.4 is 16.6 Å². The van der Waals surface area contributed by atoms with Gasteiger partial charge in [-0.1, -0.05) is 6.92 Å². The zero-order valence-electron chi connectivity index (χ0n) is 12.4. The third-order valence-corrected chi connectivity index (χ3v) is 3.20. The predicted octanol–water partition coefficient (Wildman–Crippen LogP) is 1.30. The number of pyridine rings is 1. The molecule has 21 heavy (non-hydrogen) atoms. The molecule has 6 nitrogen and oxygen atoms in total. The topological polar surface area (TPSA) is 68.9 Å². The van der Waals surface area contributed by atoms with Gasteiger partial charge < -0.3 is 9.88 Å². The fraction of sp³-hybridized carbons (Fsp3) is 0.400. The van der Waals surface area contributed by atoms with Crippen molar-refractivity contribution in [3.63, 3.8) is 0 Å². The van der Waals surface area contributed by atoms with Crippen LogP contribution in [0.3, 0.4) is 0 Å². The molecule has 0 aliphatic heterocycles. The van der Waals surface area contributed by atoms with E-state index in [-0.39, 0.29) is 17.8 Å². The molecule has 0 amide bonds. The molecule has 0 aliphatic carbocycles. The monoisotopic (exact) mass is 288 g/mol. The SMILES string of the molecule is CCCNc1cc(Cn2c(=O)ccn(CC)c2=O)ccn1. The summed E-state index contributed by atoms with van der Waals surface area (Å²) in [5.74, 6) is 0.758. The Morgan fingerprint density at radius 1 is 1.24 bits per heavy atom. The first kappa shape index (κ1) is 15.0. The number of hydrogen-bond acceptors (Lipinski definition) is 4. The largest absolute Gasteiger partial charge is 0.370 e. The summed E-state index contributed by atoms with van der Waals surface area (Å²) in [4.78, 5) is 28.3. The number of nitrogens with one attached hydrogen (secondary N) is 1. The van der Waals surface area contributed by atoms with E-state index in [2.05, 4.69) is 17.2 Å². The first-order chi connectivity index (χ1) is 10.2. The minimum atomic E-state index is -0.287. The highest BCUT2D eigenvalue weighted by Gasteiger charge is 2.06. The summed E-state index contributed by atoms with van der Waals surface area (Å²) < 4.78 is 2.75. The molecule has 2 aromatic rings. The lowest BCUT2D eigenvalue weighted by atomic mass is 10.2. The first-order valence-corrected chi connectivity index (χ1v) is 7.14. The van der Waals surface area contributed by atoms with Crippen molar-refractivity contribution >= 4 is 5.82 Å². The van der Waals surface area contributed by atoms with E-state index in [9.17, 15) is 9.59 Å². The van der Waals surface area contributed by atoms with Crippen LogP contribution in [0.15, 0.2) is 40.2 Å². The van der Waals surface area contributed by atoms with Crippen LogP contribution in [-0.4, -0.2) is 20.7 Å². The van der Waals surface area contributed by atoms with Crippen LogP contribution in [0.4, 0.5) is 5.82 Å². The van der Waals surface area contributed by atoms with Crippen LogP contribution in [0.5, 0.6) is 0 Å². The summed E-state index contributed by atoms with van der Waals surface area (Å²) in [6.45, 7) is 5.58. The van der Waals surface area contributed by atoms with Crippen LogP contribution in [0, 0.1) is 0 Å². The Labute approximate surface area is 123 Å². The maximum atomic E-state index is 12.2. The predicted molar refractivity (Wildman–Crippen MR) is 82.8 cm³/mol. The Balaban J connectivity index is 2.30. The Hall–Kier alpha value is -2.37. The molecule has 0 atom stereocenters. The van der Waals surface area contributed by atoms with Gasteiger partial charge in [-0.05, 0) is 31.0 Å². The molecule has 0 aliphatic rings. The average molecular weight is 288 g/mol. The van der Waals surface area contributed by atoms with Crippen molar-refractivity contribution in [3.05, 3.63) is 57.0 Å². The molecule has 0 saturated carbocycles. The highest BCUT2D eigenvalue weighted by molar-refractivity contribution is 5.37. The van der Waals surface area contributed by atoms with E-state index in [0.717, 1.165) is 24.3 Å². The second-order valence-electron chi connectivity index (χ2n) is 4.78. The van der Waals surface area contributed by atoms with E-state index in [0.29, 0.717) is 6.54 Å². The second kappa shape index (κ2) is 6.88. The lowest BCUT2D eigenvalue weighted by Gasteiger charge is -2.09. The maximum absolute atomic E-state index is 12.2. The van der Waals surface area contributed by atoms with Crippen molar-refractivity contribution < 1.29 is 0 Å². The quantitative estimate of drug-likeness (QED) is 0.870. The van der Waals surface area contributed by atoms with E-state index in [1.807, 2.05) is 19.1 Å². The molecule has 0 saturated heterocycles. The van der Waals surface area contributed by atoms with Crippen molar-refractivity contribution in [2.75, 3.05) is 11.9 Å². The molecule has 112 valence electrons. The minimum Gasteiger partial charge on any atom is -0.370 e. The van der Waals surface area contributed by atoms with Gasteiger partial charge in [0.15, 0.2) is 0 Å². The van der Waals surface area contributed by atoms with Gasteiger partial charge in [-0.25, -0.2) is 9.78 Å². The molecule has 6 heteroatoms. The minimum absolute atomic E-state index is 0.252. The van der Waals surface area contributed by atoms with E-state index >= 15 is 0 Å². The molecule has 0 spiro atoms. The van der Waals surface area contributed by atoms with Crippen molar-refractivity contribution in [2.45, 2.75) is 33.4 Å². The molecular formula is C15H20N4O2. The number of rotatable bonds is 6. The van der Waals surface area contributed by atoms with E-state index < -0.39 is 0 Å². The lowest BCUT2D eigenvalue weighted by Crippen LogP contribution is -2.39. The summed E-state index contributed by atoms with van der Waals surface area (Å²) in [5.41, 5.74) is 0.297. The highest BCUT2D eigenvalue weighted by Crippen LogP contribution is 2.07. The third-order valence-electron chi connectivity index (χ3n) is 3.20. The first-order valence-electron chi connectivity index (χ1n) is 7.14. The van der Waals surface area contributed by atoms with Crippen LogP contribution in [0.2, 0.25) is 0 Å². The van der Waals surface area contributed by atoms with E-state index in [1.54, 1.807) is 6.20 Å². The standard InChI is InChI=1S/C15H20N4O2/c1-3-7-16-13-10-12(5-8-17-13)11-19-14(20)6-9-18(4-2)15(19)21/h5-6,8-10H,3-4,7,11H2,1-2H3,(H,16,17). The zero-order valence-corrected chi connectivity index (χ0v) is 12.4. The molecule has 0 aromatic carbocycles. The third kappa shape index (κ3) is 3.59. The van der Waals surface area contributed by atoms with Crippen molar-refractivity contribution in [2.24, 2.45) is 0 Å². The number of aromatic nitrogens is 3. The van der Waals surface area contributed by atoms with E-state index in [4.69, 9.17) is 0 Å². The van der Waals surface area contributed by atoms with Crippen molar-refractivity contribution in [1.29, 1.82) is 0 Å². The van der Waals surface area contributed by atoms with Crippen LogP contribution in [0.25, 0.3) is 0 Å². The van der Waals surface area contributed by atoms with Gasteiger partial charge in [-0.15, -0.1) is 0 Å². The Bertz CT molecular complexity index is 718. The van der Waals surface area contributed by atoms with Gasteiger partial charge in [0.1, 0.15) is 5.82 Å². The Kier molecular flexibility index (Phi) is 4.92. The Morgan fingerprint density at radius 3 is 2.76 bits per heavy atom. The van der Waals surface area contributed by atoms with Crippen LogP contribution >= 0.6 is 0 Å². The van der Waals surface area contributed by atoms with Crippen LogP contribution in [0.1, 0.15) is 25.8 Å². The summed E-state index contributed by atoms with van der Waals surface area (Å²) in [5, 5.41) is 3.19. The fourth-order valence-electron chi connectivity index (χ4n) is 2.05. The van der Waals surface area contributed by atoms with Crippen molar-refractivity contribution in [3.8, 4) is 0 Å². The summed E-state index contributed by atoms with van der Waals surface area (Å²) in [6, 6.07) is 5.10. The molecule has 0 radical (unpaired) electrons. The number of anilines is 1. The van der Waals surface area contributed by atoms with Gasteiger partial charge in [-0.2, -0.15) is 0 Å². The average Bonchev–Trinajstić information content (AvgIpc) is 2.50. The summed E-state index contributed by atoms with van der Waals surface area (Å²) in [6.07, 6.45) is 4.22. The molecule has 0 bridgehead atoms. The summed E-state index contributed by atoms with van der Waals surface area (Å²) in [7, 11) is 0. The number of aryl methyl sites for hydroxylation is 1. The lowest BCUT2D eigenvalue weighted by molar-refractivity contribution is 0.600. The molecule has 1 N–H and O–H groups in total. The Morgan fingerprint density at radius 2 is 2.05 bits per heavy atom. The molecule has 0 unspecified atom stereocenters. The molecule has 0 fully saturated rings. The number of nitrogens with zero attached hydrogens (tertiary/aromatic N) is 3.